The second-order valence-corrected chi connectivity index (χ2v) is 0.447. The highest BCUT2D eigenvalue weighted by molar-refractivity contribution is 4.04. The zero-order valence-electron chi connectivity index (χ0n) is 3.79. The summed E-state index contributed by atoms with van der Waals surface area (Å²) >= 11 is 0. The van der Waals surface area contributed by atoms with Gasteiger partial charge in [-0.2, -0.15) is 0 Å². The quantitative estimate of drug-likeness (QED) is 0.309. The Hall–Kier alpha value is -1.80. The molecule has 0 atom stereocenters. The first kappa shape index (κ1) is 15.7. The monoisotopic (exact) mass is 138 g/mol. The molecule has 0 aliphatic carbocycles. The predicted molar refractivity (Wildman–Crippen MR) is 22.9 cm³/mol. The van der Waals surface area contributed by atoms with Gasteiger partial charge in [0.2, 0.25) is 0 Å². The molecule has 0 saturated heterocycles. The molecule has 9 heavy (non-hydrogen) atoms. The molecule has 0 fully saturated rings. The van der Waals surface area contributed by atoms with Crippen LogP contribution in [0.5, 0.6) is 0 Å². The minimum Gasteiger partial charge on any atom is -0.356 e. The van der Waals surface area contributed by atoms with Crippen LogP contribution in [0, 0.1) is 30.6 Å². The molecule has 0 rings (SSSR count). The molecular weight excluding hydrogens is 138 g/mol. The van der Waals surface area contributed by atoms with Crippen LogP contribution in [0.15, 0.2) is 0 Å². The van der Waals surface area contributed by atoms with Crippen molar-refractivity contribution in [3.05, 3.63) is 30.6 Å². The highest BCUT2D eigenvalue weighted by Gasteiger charge is 2.00. The van der Waals surface area contributed by atoms with Gasteiger partial charge >= 0.3 is 6.15 Å². The topological polar surface area (TPSA) is 163 Å². The smallest absolute Gasteiger partial charge is 0.356 e. The zero-order valence-corrected chi connectivity index (χ0v) is 3.79. The third kappa shape index (κ3) is 33.8. The van der Waals surface area contributed by atoms with Gasteiger partial charge in [0.15, 0.2) is 0 Å². The SMILES string of the molecule is O=[N+]([O-])[O-].O=[N+]([O-])[O-].[N+2]. The van der Waals surface area contributed by atoms with Crippen molar-refractivity contribution < 1.29 is 10.2 Å². The molecule has 0 amide bonds. The van der Waals surface area contributed by atoms with E-state index in [4.69, 9.17) is 30.6 Å². The van der Waals surface area contributed by atoms with E-state index in [0.717, 1.165) is 0 Å². The minimum absolute atomic E-state index is 0. The van der Waals surface area contributed by atoms with Crippen molar-refractivity contribution in [1.29, 1.82) is 0 Å². The van der Waals surface area contributed by atoms with E-state index in [9.17, 15) is 0 Å². The Balaban J connectivity index is -0.0000000720. The van der Waals surface area contributed by atoms with E-state index >= 15 is 0 Å². The molecule has 9 heteroatoms. The summed E-state index contributed by atoms with van der Waals surface area (Å²) < 4.78 is 0. The van der Waals surface area contributed by atoms with E-state index in [2.05, 4.69) is 0 Å². The van der Waals surface area contributed by atoms with Gasteiger partial charge in [-0.05, 0) is 0 Å². The molecule has 3 radical (unpaired) electrons. The lowest BCUT2D eigenvalue weighted by Gasteiger charge is -1.74. The molecule has 0 aliphatic heterocycles. The lowest BCUT2D eigenvalue weighted by atomic mass is 13.1. The zero-order chi connectivity index (χ0) is 7.15. The van der Waals surface area contributed by atoms with Gasteiger partial charge in [-0.15, -0.1) is 0 Å². The van der Waals surface area contributed by atoms with Crippen molar-refractivity contribution >= 4 is 0 Å². The van der Waals surface area contributed by atoms with E-state index in [-0.39, 0.29) is 6.15 Å². The first-order chi connectivity index (χ1) is 3.46. The Morgan fingerprint density at radius 2 is 0.778 bits per heavy atom. The van der Waals surface area contributed by atoms with Crippen LogP contribution in [-0.2, 0) is 0 Å². The summed E-state index contributed by atoms with van der Waals surface area (Å²) in [6, 6.07) is 0. The number of rotatable bonds is 0. The van der Waals surface area contributed by atoms with Crippen molar-refractivity contribution in [1.82, 2.24) is 6.15 Å². The maximum atomic E-state index is 8.25. The van der Waals surface area contributed by atoms with Crippen molar-refractivity contribution in [2.75, 3.05) is 0 Å². The Labute approximate surface area is 48.3 Å². The molecule has 0 aliphatic rings. The van der Waals surface area contributed by atoms with E-state index in [1.54, 1.807) is 0 Å². The fraction of sp³-hybridized carbons (Fsp3) is 0. The van der Waals surface area contributed by atoms with Gasteiger partial charge < -0.3 is 30.6 Å². The van der Waals surface area contributed by atoms with Gasteiger partial charge in [-0.25, -0.2) is 0 Å². The maximum Gasteiger partial charge on any atom is 2.00 e. The van der Waals surface area contributed by atoms with E-state index in [1.165, 1.54) is 0 Å². The Kier molecular flexibility index (Phi) is 16.6. The predicted octanol–water partition coefficient (Wildman–Crippen LogP) is -0.959. The van der Waals surface area contributed by atoms with E-state index in [0.29, 0.717) is 0 Å². The molecule has 0 aromatic heterocycles. The van der Waals surface area contributed by atoms with Crippen LogP contribution in [-0.4, -0.2) is 10.2 Å². The minimum atomic E-state index is -1.75. The first-order valence-electron chi connectivity index (χ1n) is 1.10. The average Bonchev–Trinajstić information content (AvgIpc) is 1.25. The summed E-state index contributed by atoms with van der Waals surface area (Å²) in [6.07, 6.45) is 0. The first-order valence-corrected chi connectivity index (χ1v) is 1.10. The molecular formula is N3O6. The normalized spacial score (nSPS) is 5.33. The fourth-order valence-corrected chi connectivity index (χ4v) is 0. The lowest BCUT2D eigenvalue weighted by molar-refractivity contribution is -0.403. The van der Waals surface area contributed by atoms with Gasteiger partial charge in [0.25, 0.3) is 0 Å². The van der Waals surface area contributed by atoms with Crippen LogP contribution in [0.25, 0.3) is 0 Å². The molecule has 0 bridgehead atoms. The van der Waals surface area contributed by atoms with Gasteiger partial charge in [0.1, 0.15) is 0 Å². The van der Waals surface area contributed by atoms with Gasteiger partial charge in [-0.3, -0.25) is 0 Å². The number of nitrogens with zero attached hydrogens (tertiary/aromatic N) is 3. The third-order valence-electron chi connectivity index (χ3n) is 0. The Morgan fingerprint density at radius 3 is 0.778 bits per heavy atom. The maximum absolute atomic E-state index is 8.25. The standard InChI is InChI=1S/2NO3.N/c2*2-1(3)4;/q2*-1;+2. The van der Waals surface area contributed by atoms with Crippen LogP contribution in [0.2, 0.25) is 0 Å². The lowest BCUT2D eigenvalue weighted by Crippen LogP contribution is -1.74. The van der Waals surface area contributed by atoms with Gasteiger partial charge in [0.05, 0.1) is 10.2 Å². The van der Waals surface area contributed by atoms with E-state index in [1.807, 2.05) is 0 Å². The largest absolute Gasteiger partial charge is 2.00 e. The van der Waals surface area contributed by atoms with Crippen LogP contribution in [0.1, 0.15) is 0 Å². The fourth-order valence-electron chi connectivity index (χ4n) is 0. The van der Waals surface area contributed by atoms with Crippen molar-refractivity contribution in [2.45, 2.75) is 0 Å². The molecule has 0 unspecified atom stereocenters. The summed E-state index contributed by atoms with van der Waals surface area (Å²) in [7, 11) is 0. The molecule has 0 saturated carbocycles. The molecule has 0 spiro atoms. The van der Waals surface area contributed by atoms with Crippen LogP contribution >= 0.6 is 0 Å². The van der Waals surface area contributed by atoms with Gasteiger partial charge in [0, 0.05) is 0 Å². The number of hydrogen-bond donors (Lipinski definition) is 0. The molecule has 0 heterocycles. The van der Waals surface area contributed by atoms with Crippen LogP contribution in [0.4, 0.5) is 0 Å². The van der Waals surface area contributed by atoms with Crippen molar-refractivity contribution in [3.8, 4) is 0 Å². The summed E-state index contributed by atoms with van der Waals surface area (Å²) in [5.41, 5.74) is 0. The molecule has 9 nitrogen and oxygen atoms in total. The summed E-state index contributed by atoms with van der Waals surface area (Å²) in [6.45, 7) is 0. The highest BCUT2D eigenvalue weighted by atomic mass is 16.9. The van der Waals surface area contributed by atoms with Crippen LogP contribution in [0.3, 0.4) is 0 Å². The Bertz CT molecular complexity index is 66.3. The highest BCUT2D eigenvalue weighted by Crippen LogP contribution is 1.44. The molecule has 0 aromatic carbocycles. The second kappa shape index (κ2) is 9.50. The molecule has 0 N–H and O–H groups in total. The summed E-state index contributed by atoms with van der Waals surface area (Å²) in [4.78, 5) is 16.5. The average molecular weight is 138 g/mol. The number of hydrogen-bond acceptors (Lipinski definition) is 6. The van der Waals surface area contributed by atoms with Gasteiger partial charge in [-0.1, -0.05) is 0 Å². The van der Waals surface area contributed by atoms with Crippen LogP contribution < -0.4 is 6.15 Å². The third-order valence-corrected chi connectivity index (χ3v) is 0. The van der Waals surface area contributed by atoms with Crippen molar-refractivity contribution in [2.24, 2.45) is 0 Å². The molecule has 0 aromatic rings. The van der Waals surface area contributed by atoms with E-state index < -0.39 is 10.2 Å². The summed E-state index contributed by atoms with van der Waals surface area (Å²) in [5.74, 6) is 0. The second-order valence-electron chi connectivity index (χ2n) is 0.447. The summed E-state index contributed by atoms with van der Waals surface area (Å²) in [5, 5.41) is 29.5. The molecule has 51 valence electrons. The Morgan fingerprint density at radius 1 is 0.778 bits per heavy atom. The van der Waals surface area contributed by atoms with Crippen molar-refractivity contribution in [3.63, 3.8) is 0 Å².